The SMILES string of the molecule is CCCCCCCCC(CCCCCCCC)OC(=O)CCCCCCCN(CC)CCCCCCCC(=O)OC(CCCCCCCC)C1CC1. The van der Waals surface area contributed by atoms with Gasteiger partial charge in [-0.15, -0.1) is 0 Å². The Morgan fingerprint density at radius 3 is 1.25 bits per heavy atom. The lowest BCUT2D eigenvalue weighted by Crippen LogP contribution is -2.25. The van der Waals surface area contributed by atoms with E-state index < -0.39 is 0 Å². The summed E-state index contributed by atoms with van der Waals surface area (Å²) in [5.74, 6) is 0.736. The highest BCUT2D eigenvalue weighted by molar-refractivity contribution is 5.69. The third kappa shape index (κ3) is 31.3. The van der Waals surface area contributed by atoms with Crippen LogP contribution in [0, 0.1) is 5.92 Å². The largest absolute Gasteiger partial charge is 0.462 e. The molecule has 0 aromatic heterocycles. The van der Waals surface area contributed by atoms with Crippen LogP contribution in [0.2, 0.25) is 0 Å². The van der Waals surface area contributed by atoms with Crippen molar-refractivity contribution in [2.24, 2.45) is 5.92 Å². The molecule has 0 aromatic rings. The van der Waals surface area contributed by atoms with Crippen LogP contribution in [0.4, 0.5) is 0 Å². The van der Waals surface area contributed by atoms with Crippen LogP contribution in [0.15, 0.2) is 0 Å². The van der Waals surface area contributed by atoms with Crippen molar-refractivity contribution in [3.63, 3.8) is 0 Å². The average Bonchev–Trinajstić information content (AvgIpc) is 3.99. The lowest BCUT2D eigenvalue weighted by Gasteiger charge is -2.20. The third-order valence-electron chi connectivity index (χ3n) is 11.5. The molecule has 0 heterocycles. The second-order valence-corrected chi connectivity index (χ2v) is 16.6. The first-order valence-corrected chi connectivity index (χ1v) is 23.6. The minimum atomic E-state index is 0.0417. The molecule has 1 saturated carbocycles. The van der Waals surface area contributed by atoms with E-state index in [2.05, 4.69) is 32.6 Å². The number of nitrogens with zero attached hydrogens (tertiary/aromatic N) is 1. The number of carbonyl (C=O) groups excluding carboxylic acids is 2. The number of carbonyl (C=O) groups is 2. The summed E-state index contributed by atoms with van der Waals surface area (Å²) in [6, 6.07) is 0. The lowest BCUT2D eigenvalue weighted by molar-refractivity contribution is -0.151. The van der Waals surface area contributed by atoms with E-state index in [4.69, 9.17) is 9.47 Å². The molecular weight excluding hydrogens is 643 g/mol. The smallest absolute Gasteiger partial charge is 0.306 e. The van der Waals surface area contributed by atoms with Gasteiger partial charge in [-0.05, 0) is 103 Å². The van der Waals surface area contributed by atoms with Crippen molar-refractivity contribution in [2.45, 2.75) is 265 Å². The van der Waals surface area contributed by atoms with E-state index in [0.717, 1.165) is 51.5 Å². The molecule has 1 fully saturated rings. The fourth-order valence-electron chi connectivity index (χ4n) is 7.72. The van der Waals surface area contributed by atoms with Gasteiger partial charge < -0.3 is 14.4 Å². The first-order valence-electron chi connectivity index (χ1n) is 23.6. The van der Waals surface area contributed by atoms with E-state index >= 15 is 0 Å². The van der Waals surface area contributed by atoms with Crippen molar-refractivity contribution in [3.05, 3.63) is 0 Å². The average molecular weight is 734 g/mol. The van der Waals surface area contributed by atoms with Crippen LogP contribution in [0.25, 0.3) is 0 Å². The maximum Gasteiger partial charge on any atom is 0.306 e. The Labute approximate surface area is 325 Å². The number of hydrogen-bond donors (Lipinski definition) is 0. The van der Waals surface area contributed by atoms with Crippen LogP contribution in [0.3, 0.4) is 0 Å². The molecule has 0 spiro atoms. The molecule has 1 rings (SSSR count). The minimum absolute atomic E-state index is 0.0417. The van der Waals surface area contributed by atoms with Crippen LogP contribution in [0.5, 0.6) is 0 Å². The molecule has 1 aliphatic rings. The maximum atomic E-state index is 12.7. The van der Waals surface area contributed by atoms with Crippen molar-refractivity contribution >= 4 is 11.9 Å². The highest BCUT2D eigenvalue weighted by atomic mass is 16.5. The minimum Gasteiger partial charge on any atom is -0.462 e. The number of ether oxygens (including phenoxy) is 2. The van der Waals surface area contributed by atoms with Crippen molar-refractivity contribution in [1.29, 1.82) is 0 Å². The van der Waals surface area contributed by atoms with E-state index in [1.54, 1.807) is 0 Å². The molecule has 1 unspecified atom stereocenters. The van der Waals surface area contributed by atoms with E-state index in [1.165, 1.54) is 180 Å². The summed E-state index contributed by atoms with van der Waals surface area (Å²) < 4.78 is 12.0. The molecule has 5 heteroatoms. The summed E-state index contributed by atoms with van der Waals surface area (Å²) in [4.78, 5) is 27.8. The standard InChI is InChI=1S/C47H91NO4/c1-5-9-12-15-20-27-34-44(35-28-21-16-13-10-6-2)51-46(49)37-30-23-18-25-32-41-48(8-4)42-33-26-19-24-31-38-47(50)52-45(43-39-40-43)36-29-22-17-14-11-7-3/h43-45H,5-42H2,1-4H3. The summed E-state index contributed by atoms with van der Waals surface area (Å²) in [6.45, 7) is 12.6. The van der Waals surface area contributed by atoms with Gasteiger partial charge >= 0.3 is 11.9 Å². The van der Waals surface area contributed by atoms with Crippen molar-refractivity contribution in [2.75, 3.05) is 19.6 Å². The monoisotopic (exact) mass is 734 g/mol. The topological polar surface area (TPSA) is 55.8 Å². The van der Waals surface area contributed by atoms with Gasteiger partial charge in [-0.2, -0.15) is 0 Å². The summed E-state index contributed by atoms with van der Waals surface area (Å²) in [5.41, 5.74) is 0. The summed E-state index contributed by atoms with van der Waals surface area (Å²) in [5, 5.41) is 0. The van der Waals surface area contributed by atoms with Crippen LogP contribution in [-0.4, -0.2) is 48.7 Å². The van der Waals surface area contributed by atoms with E-state index in [1.807, 2.05) is 0 Å². The Morgan fingerprint density at radius 2 is 0.827 bits per heavy atom. The Hall–Kier alpha value is -1.10. The van der Waals surface area contributed by atoms with Gasteiger partial charge in [0.15, 0.2) is 0 Å². The van der Waals surface area contributed by atoms with E-state index in [9.17, 15) is 9.59 Å². The van der Waals surface area contributed by atoms with E-state index in [0.29, 0.717) is 18.8 Å². The zero-order valence-corrected chi connectivity index (χ0v) is 35.7. The van der Waals surface area contributed by atoms with Crippen molar-refractivity contribution in [1.82, 2.24) is 4.90 Å². The highest BCUT2D eigenvalue weighted by Gasteiger charge is 2.33. The molecule has 0 aliphatic heterocycles. The molecule has 0 aromatic carbocycles. The number of hydrogen-bond acceptors (Lipinski definition) is 5. The number of unbranched alkanes of at least 4 members (excludes halogenated alkanes) is 23. The summed E-state index contributed by atoms with van der Waals surface area (Å²) in [7, 11) is 0. The second-order valence-electron chi connectivity index (χ2n) is 16.6. The Morgan fingerprint density at radius 1 is 0.462 bits per heavy atom. The van der Waals surface area contributed by atoms with E-state index in [-0.39, 0.29) is 24.1 Å². The maximum absolute atomic E-state index is 12.7. The molecule has 1 atom stereocenters. The van der Waals surface area contributed by atoms with Crippen LogP contribution in [0.1, 0.15) is 252 Å². The Bertz CT molecular complexity index is 767. The Balaban J connectivity index is 2.07. The zero-order valence-electron chi connectivity index (χ0n) is 35.7. The predicted octanol–water partition coefficient (Wildman–Crippen LogP) is 14.5. The van der Waals surface area contributed by atoms with Gasteiger partial charge in [0.1, 0.15) is 12.2 Å². The molecule has 52 heavy (non-hydrogen) atoms. The molecule has 0 saturated heterocycles. The van der Waals surface area contributed by atoms with Gasteiger partial charge in [-0.1, -0.05) is 163 Å². The predicted molar refractivity (Wildman–Crippen MR) is 224 cm³/mol. The first kappa shape index (κ1) is 48.9. The molecule has 308 valence electrons. The van der Waals surface area contributed by atoms with Crippen molar-refractivity contribution < 1.29 is 19.1 Å². The highest BCUT2D eigenvalue weighted by Crippen LogP contribution is 2.37. The van der Waals surface area contributed by atoms with Gasteiger partial charge in [0.05, 0.1) is 0 Å². The van der Waals surface area contributed by atoms with Gasteiger partial charge in [0, 0.05) is 12.8 Å². The summed E-state index contributed by atoms with van der Waals surface area (Å²) >= 11 is 0. The fourth-order valence-corrected chi connectivity index (χ4v) is 7.72. The molecule has 0 N–H and O–H groups in total. The second kappa shape index (κ2) is 36.9. The molecule has 0 radical (unpaired) electrons. The third-order valence-corrected chi connectivity index (χ3v) is 11.5. The first-order chi connectivity index (χ1) is 25.5. The van der Waals surface area contributed by atoms with Gasteiger partial charge in [0.25, 0.3) is 0 Å². The quantitative estimate of drug-likeness (QED) is 0.0462. The van der Waals surface area contributed by atoms with Crippen LogP contribution < -0.4 is 0 Å². The summed E-state index contributed by atoms with van der Waals surface area (Å²) in [6.07, 6.45) is 42.2. The number of esters is 2. The zero-order chi connectivity index (χ0) is 37.7. The van der Waals surface area contributed by atoms with Gasteiger partial charge in [-0.3, -0.25) is 9.59 Å². The molecule has 0 amide bonds. The molecule has 5 nitrogen and oxygen atoms in total. The Kier molecular flexibility index (Phi) is 34.7. The normalized spacial score (nSPS) is 13.7. The van der Waals surface area contributed by atoms with Gasteiger partial charge in [0.2, 0.25) is 0 Å². The van der Waals surface area contributed by atoms with Crippen LogP contribution >= 0.6 is 0 Å². The fraction of sp³-hybridized carbons (Fsp3) is 0.957. The van der Waals surface area contributed by atoms with Crippen molar-refractivity contribution in [3.8, 4) is 0 Å². The lowest BCUT2D eigenvalue weighted by atomic mass is 10.0. The molecule has 0 bridgehead atoms. The van der Waals surface area contributed by atoms with Crippen LogP contribution in [-0.2, 0) is 19.1 Å². The number of rotatable bonds is 41. The van der Waals surface area contributed by atoms with Gasteiger partial charge in [-0.25, -0.2) is 0 Å². The molecular formula is C47H91NO4. The molecule has 1 aliphatic carbocycles.